The Balaban J connectivity index is 1.75. The molecule has 120 valence electrons. The van der Waals surface area contributed by atoms with E-state index < -0.39 is 0 Å². The van der Waals surface area contributed by atoms with Crippen molar-refractivity contribution in [2.45, 2.75) is 26.2 Å². The molecular weight excluding hydrogens is 314 g/mol. The summed E-state index contributed by atoms with van der Waals surface area (Å²) in [5.41, 5.74) is 4.76. The zero-order valence-corrected chi connectivity index (χ0v) is 14.8. The van der Waals surface area contributed by atoms with Crippen LogP contribution in [0.5, 0.6) is 0 Å². The van der Waals surface area contributed by atoms with Crippen LogP contribution in [0.15, 0.2) is 60.0 Å². The second-order valence-corrected chi connectivity index (χ2v) is 7.78. The van der Waals surface area contributed by atoms with Crippen molar-refractivity contribution in [3.8, 4) is 22.6 Å². The Hall–Kier alpha value is -2.46. The van der Waals surface area contributed by atoms with Crippen molar-refractivity contribution in [2.24, 2.45) is 0 Å². The lowest BCUT2D eigenvalue weighted by Gasteiger charge is -2.18. The van der Waals surface area contributed by atoms with Crippen molar-refractivity contribution < 1.29 is 0 Å². The third-order valence-electron chi connectivity index (χ3n) is 4.16. The lowest BCUT2D eigenvalue weighted by atomic mass is 9.87. The van der Waals surface area contributed by atoms with Gasteiger partial charge in [-0.25, -0.2) is 4.52 Å². The lowest BCUT2D eigenvalue weighted by molar-refractivity contribution is 0.590. The fourth-order valence-electron chi connectivity index (χ4n) is 2.73. The smallest absolute Gasteiger partial charge is 0.203 e. The number of hydrogen-bond donors (Lipinski definition) is 0. The average Bonchev–Trinajstić information content (AvgIpc) is 3.15. The van der Waals surface area contributed by atoms with Crippen LogP contribution in [0.1, 0.15) is 26.3 Å². The van der Waals surface area contributed by atoms with E-state index in [1.807, 2.05) is 22.7 Å². The van der Waals surface area contributed by atoms with Crippen LogP contribution in [0.4, 0.5) is 0 Å². The van der Waals surface area contributed by atoms with Gasteiger partial charge in [0.05, 0.1) is 5.69 Å². The van der Waals surface area contributed by atoms with E-state index in [9.17, 15) is 0 Å². The van der Waals surface area contributed by atoms with Gasteiger partial charge in [-0.3, -0.25) is 0 Å². The number of benzene rings is 2. The van der Waals surface area contributed by atoms with E-state index in [-0.39, 0.29) is 5.41 Å². The van der Waals surface area contributed by atoms with Gasteiger partial charge in [0.25, 0.3) is 0 Å². The summed E-state index contributed by atoms with van der Waals surface area (Å²) in [7, 11) is 0. The topological polar surface area (TPSA) is 30.2 Å². The quantitative estimate of drug-likeness (QED) is 0.490. The Bertz CT molecular complexity index is 973. The number of hydrogen-bond acceptors (Lipinski definition) is 3. The van der Waals surface area contributed by atoms with Gasteiger partial charge in [0.2, 0.25) is 4.96 Å². The molecule has 0 bridgehead atoms. The van der Waals surface area contributed by atoms with Crippen molar-refractivity contribution in [1.82, 2.24) is 14.6 Å². The van der Waals surface area contributed by atoms with Crippen LogP contribution in [0.25, 0.3) is 27.6 Å². The molecule has 0 aliphatic rings. The van der Waals surface area contributed by atoms with Crippen molar-refractivity contribution in [3.63, 3.8) is 0 Å². The predicted molar refractivity (Wildman–Crippen MR) is 100 cm³/mol. The fourth-order valence-corrected chi connectivity index (χ4v) is 3.56. The summed E-state index contributed by atoms with van der Waals surface area (Å²) in [5, 5.41) is 6.84. The van der Waals surface area contributed by atoms with Crippen molar-refractivity contribution in [1.29, 1.82) is 0 Å². The van der Waals surface area contributed by atoms with Gasteiger partial charge in [0.1, 0.15) is 0 Å². The highest BCUT2D eigenvalue weighted by Gasteiger charge is 2.15. The molecule has 0 aliphatic heterocycles. The number of aromatic nitrogens is 3. The zero-order valence-electron chi connectivity index (χ0n) is 14.0. The molecule has 2 aromatic carbocycles. The molecule has 0 aliphatic carbocycles. The van der Waals surface area contributed by atoms with Gasteiger partial charge < -0.3 is 0 Å². The normalized spacial score (nSPS) is 12.0. The largest absolute Gasteiger partial charge is 0.213 e. The molecule has 4 aromatic rings. The van der Waals surface area contributed by atoms with Gasteiger partial charge in [-0.15, -0.1) is 16.4 Å². The molecule has 0 unspecified atom stereocenters. The second-order valence-electron chi connectivity index (χ2n) is 6.94. The molecule has 4 rings (SSSR count). The molecule has 0 atom stereocenters. The molecule has 0 radical (unpaired) electrons. The molecule has 2 heterocycles. The highest BCUT2D eigenvalue weighted by atomic mass is 32.1. The molecule has 0 fully saturated rings. The summed E-state index contributed by atoms with van der Waals surface area (Å²) in [6, 6.07) is 18.9. The number of rotatable bonds is 2. The summed E-state index contributed by atoms with van der Waals surface area (Å²) in [4.78, 5) is 5.61. The van der Waals surface area contributed by atoms with Gasteiger partial charge >= 0.3 is 0 Å². The predicted octanol–water partition coefficient (Wildman–Crippen LogP) is 5.42. The first-order chi connectivity index (χ1) is 11.5. The molecule has 0 saturated heterocycles. The third kappa shape index (κ3) is 2.63. The van der Waals surface area contributed by atoms with Crippen molar-refractivity contribution in [3.05, 3.63) is 65.5 Å². The van der Waals surface area contributed by atoms with Crippen LogP contribution in [0, 0.1) is 0 Å². The van der Waals surface area contributed by atoms with Crippen LogP contribution < -0.4 is 0 Å². The van der Waals surface area contributed by atoms with Gasteiger partial charge in [0, 0.05) is 16.5 Å². The molecule has 0 N–H and O–H groups in total. The minimum Gasteiger partial charge on any atom is -0.203 e. The Morgan fingerprint density at radius 1 is 0.875 bits per heavy atom. The van der Waals surface area contributed by atoms with E-state index in [1.165, 1.54) is 5.56 Å². The van der Waals surface area contributed by atoms with Crippen LogP contribution in [-0.4, -0.2) is 14.6 Å². The summed E-state index contributed by atoms with van der Waals surface area (Å²) in [6.45, 7) is 6.66. The molecule has 0 spiro atoms. The Morgan fingerprint density at radius 2 is 1.58 bits per heavy atom. The van der Waals surface area contributed by atoms with Crippen LogP contribution >= 0.6 is 11.3 Å². The average molecular weight is 333 g/mol. The van der Waals surface area contributed by atoms with Crippen molar-refractivity contribution >= 4 is 16.3 Å². The third-order valence-corrected chi connectivity index (χ3v) is 4.98. The SMILES string of the molecule is CC(C)(C)c1ccc(-c2nc3scc(-c4ccccc4)n3n2)cc1. The van der Waals surface area contributed by atoms with E-state index in [2.05, 4.69) is 62.5 Å². The summed E-state index contributed by atoms with van der Waals surface area (Å²) >= 11 is 1.62. The summed E-state index contributed by atoms with van der Waals surface area (Å²) < 4.78 is 1.94. The maximum Gasteiger partial charge on any atom is 0.213 e. The van der Waals surface area contributed by atoms with Crippen LogP contribution in [0.2, 0.25) is 0 Å². The Labute approximate surface area is 145 Å². The fraction of sp³-hybridized carbons (Fsp3) is 0.200. The van der Waals surface area contributed by atoms with Crippen molar-refractivity contribution in [2.75, 3.05) is 0 Å². The first-order valence-corrected chi connectivity index (χ1v) is 8.91. The lowest BCUT2D eigenvalue weighted by Crippen LogP contribution is -2.10. The van der Waals surface area contributed by atoms with Gasteiger partial charge in [-0.1, -0.05) is 75.4 Å². The molecule has 3 nitrogen and oxygen atoms in total. The molecule has 24 heavy (non-hydrogen) atoms. The van der Waals surface area contributed by atoms with Crippen LogP contribution in [-0.2, 0) is 5.41 Å². The number of nitrogens with zero attached hydrogens (tertiary/aromatic N) is 3. The number of fused-ring (bicyclic) bond motifs is 1. The minimum absolute atomic E-state index is 0.154. The highest BCUT2D eigenvalue weighted by Crippen LogP contribution is 2.28. The summed E-state index contributed by atoms with van der Waals surface area (Å²) in [5.74, 6) is 0.777. The molecular formula is C20H19N3S. The van der Waals surface area contributed by atoms with Gasteiger partial charge in [-0.2, -0.15) is 4.98 Å². The Morgan fingerprint density at radius 3 is 2.25 bits per heavy atom. The first-order valence-electron chi connectivity index (χ1n) is 8.03. The van der Waals surface area contributed by atoms with Gasteiger partial charge in [0.15, 0.2) is 5.82 Å². The Kier molecular flexibility index (Phi) is 3.50. The maximum atomic E-state index is 4.73. The number of thiazole rings is 1. The maximum absolute atomic E-state index is 4.73. The molecule has 4 heteroatoms. The van der Waals surface area contributed by atoms with E-state index in [0.29, 0.717) is 0 Å². The summed E-state index contributed by atoms with van der Waals surface area (Å²) in [6.07, 6.45) is 0. The van der Waals surface area contributed by atoms with E-state index >= 15 is 0 Å². The molecule has 0 amide bonds. The second kappa shape index (κ2) is 5.56. The monoisotopic (exact) mass is 333 g/mol. The molecule has 2 aromatic heterocycles. The highest BCUT2D eigenvalue weighted by molar-refractivity contribution is 7.15. The first kappa shape index (κ1) is 15.1. The van der Waals surface area contributed by atoms with Crippen LogP contribution in [0.3, 0.4) is 0 Å². The van der Waals surface area contributed by atoms with Gasteiger partial charge in [-0.05, 0) is 11.0 Å². The van der Waals surface area contributed by atoms with E-state index in [4.69, 9.17) is 10.1 Å². The molecule has 0 saturated carbocycles. The van der Waals surface area contributed by atoms with E-state index in [0.717, 1.165) is 27.6 Å². The van der Waals surface area contributed by atoms with E-state index in [1.54, 1.807) is 11.3 Å². The standard InChI is InChI=1S/C20H19N3S/c1-20(2,3)16-11-9-15(10-12-16)18-21-19-23(22-18)17(13-24-19)14-7-5-4-6-8-14/h4-13H,1-3H3. The minimum atomic E-state index is 0.154. The zero-order chi connectivity index (χ0) is 16.7.